The maximum Gasteiger partial charge on any atom is 0.231 e. The molecule has 5 nitrogen and oxygen atoms in total. The van der Waals surface area contributed by atoms with Gasteiger partial charge in [0.1, 0.15) is 0 Å². The van der Waals surface area contributed by atoms with Gasteiger partial charge >= 0.3 is 0 Å². The Bertz CT molecular complexity index is 683. The van der Waals surface area contributed by atoms with Gasteiger partial charge in [0.25, 0.3) is 0 Å². The smallest absolute Gasteiger partial charge is 0.231 e. The Morgan fingerprint density at radius 2 is 2.05 bits per heavy atom. The summed E-state index contributed by atoms with van der Waals surface area (Å²) in [5.74, 6) is 1.63. The predicted molar refractivity (Wildman–Crippen MR) is 80.1 cm³/mol. The molecule has 2 aliphatic heterocycles. The third-order valence-electron chi connectivity index (χ3n) is 4.01. The minimum absolute atomic E-state index is 0.182. The van der Waals surface area contributed by atoms with Gasteiger partial charge in [0.2, 0.25) is 6.79 Å². The van der Waals surface area contributed by atoms with Crippen LogP contribution in [-0.4, -0.2) is 17.7 Å². The predicted octanol–water partition coefficient (Wildman–Crippen LogP) is 1.94. The van der Waals surface area contributed by atoms with Crippen LogP contribution < -0.4 is 20.1 Å². The van der Waals surface area contributed by atoms with E-state index in [1.807, 2.05) is 18.2 Å². The van der Waals surface area contributed by atoms with Gasteiger partial charge < -0.3 is 20.1 Å². The minimum Gasteiger partial charge on any atom is -0.454 e. The molecule has 2 N–H and O–H groups in total. The summed E-state index contributed by atoms with van der Waals surface area (Å²) < 4.78 is 10.8. The Kier molecular flexibility index (Phi) is 2.85. The molecule has 2 heterocycles. The number of allylic oxidation sites excluding steroid dienone is 1. The number of hydrogen-bond acceptors (Lipinski definition) is 4. The van der Waals surface area contributed by atoms with Crippen molar-refractivity contribution in [1.29, 1.82) is 0 Å². The van der Waals surface area contributed by atoms with Crippen molar-refractivity contribution in [3.8, 4) is 11.5 Å². The number of rotatable bonds is 1. The van der Waals surface area contributed by atoms with E-state index in [1.54, 1.807) is 0 Å². The average molecular weight is 302 g/mol. The molecule has 0 bridgehead atoms. The van der Waals surface area contributed by atoms with Gasteiger partial charge in [-0.1, -0.05) is 6.07 Å². The molecular weight excluding hydrogens is 288 g/mol. The first kappa shape index (κ1) is 12.6. The molecule has 0 saturated heterocycles. The Morgan fingerprint density at radius 1 is 1.19 bits per heavy atom. The molecule has 1 atom stereocenters. The van der Waals surface area contributed by atoms with E-state index in [0.29, 0.717) is 17.3 Å². The van der Waals surface area contributed by atoms with Crippen molar-refractivity contribution >= 4 is 23.1 Å². The lowest BCUT2D eigenvalue weighted by molar-refractivity contribution is -0.116. The van der Waals surface area contributed by atoms with Gasteiger partial charge in [-0.3, -0.25) is 4.79 Å². The fourth-order valence-corrected chi connectivity index (χ4v) is 3.29. The number of Topliss-reactive ketones (excluding diaryl/α,β-unsaturated/α-hetero) is 1. The number of thiocarbonyl (C=S) groups is 1. The average Bonchev–Trinajstić information content (AvgIpc) is 2.93. The molecule has 1 aliphatic carbocycles. The number of hydrogen-bond donors (Lipinski definition) is 2. The van der Waals surface area contributed by atoms with Crippen LogP contribution in [0.25, 0.3) is 0 Å². The van der Waals surface area contributed by atoms with Crippen molar-refractivity contribution in [3.05, 3.63) is 35.0 Å². The highest BCUT2D eigenvalue weighted by Crippen LogP contribution is 2.38. The van der Waals surface area contributed by atoms with E-state index < -0.39 is 0 Å². The highest BCUT2D eigenvalue weighted by molar-refractivity contribution is 7.80. The van der Waals surface area contributed by atoms with E-state index in [-0.39, 0.29) is 18.6 Å². The van der Waals surface area contributed by atoms with E-state index in [4.69, 9.17) is 21.7 Å². The third kappa shape index (κ3) is 2.06. The van der Waals surface area contributed by atoms with Crippen LogP contribution >= 0.6 is 12.2 Å². The molecule has 0 aromatic heterocycles. The zero-order valence-corrected chi connectivity index (χ0v) is 12.1. The van der Waals surface area contributed by atoms with Crippen LogP contribution in [0.4, 0.5) is 0 Å². The number of nitrogens with one attached hydrogen (secondary N) is 2. The summed E-state index contributed by atoms with van der Waals surface area (Å²) in [6, 6.07) is 5.53. The molecule has 1 aromatic carbocycles. The lowest BCUT2D eigenvalue weighted by Gasteiger charge is -2.33. The fourth-order valence-electron chi connectivity index (χ4n) is 3.05. The largest absolute Gasteiger partial charge is 0.454 e. The second-order valence-electron chi connectivity index (χ2n) is 5.31. The summed E-state index contributed by atoms with van der Waals surface area (Å²) in [5, 5.41) is 6.88. The highest BCUT2D eigenvalue weighted by atomic mass is 32.1. The molecule has 3 aliphatic rings. The first-order chi connectivity index (χ1) is 10.2. The van der Waals surface area contributed by atoms with Crippen LogP contribution in [0.1, 0.15) is 30.9 Å². The lowest BCUT2D eigenvalue weighted by atomic mass is 9.85. The van der Waals surface area contributed by atoms with Gasteiger partial charge in [-0.25, -0.2) is 0 Å². The van der Waals surface area contributed by atoms with Crippen LogP contribution in [0.15, 0.2) is 29.5 Å². The first-order valence-electron chi connectivity index (χ1n) is 6.96. The number of carbonyl (C=O) groups excluding carboxylic acids is 1. The molecule has 21 heavy (non-hydrogen) atoms. The molecule has 0 saturated carbocycles. The van der Waals surface area contributed by atoms with Crippen LogP contribution in [0, 0.1) is 0 Å². The summed E-state index contributed by atoms with van der Waals surface area (Å²) >= 11 is 5.27. The maximum atomic E-state index is 12.3. The van der Waals surface area contributed by atoms with Crippen molar-refractivity contribution in [3.63, 3.8) is 0 Å². The quantitative estimate of drug-likeness (QED) is 0.773. The van der Waals surface area contributed by atoms with Gasteiger partial charge in [-0.2, -0.15) is 0 Å². The van der Waals surface area contributed by atoms with Crippen molar-refractivity contribution < 1.29 is 14.3 Å². The van der Waals surface area contributed by atoms with E-state index in [2.05, 4.69) is 10.6 Å². The summed E-state index contributed by atoms with van der Waals surface area (Å²) in [4.78, 5) is 12.3. The standard InChI is InChI=1S/C15H14N2O3S/c18-10-3-1-2-9-13(10)14(17-15(21)16-9)8-4-5-11-12(6-8)20-7-19-11/h4-6,14H,1-3,7H2,(H2,16,17,21)/t14-/m1/s1. The van der Waals surface area contributed by atoms with Gasteiger partial charge in [-0.15, -0.1) is 0 Å². The van der Waals surface area contributed by atoms with Crippen molar-refractivity contribution in [2.75, 3.05) is 6.79 Å². The van der Waals surface area contributed by atoms with E-state index in [9.17, 15) is 4.79 Å². The van der Waals surface area contributed by atoms with Gasteiger partial charge in [0.05, 0.1) is 6.04 Å². The van der Waals surface area contributed by atoms with Gasteiger partial charge in [0.15, 0.2) is 22.4 Å². The van der Waals surface area contributed by atoms with E-state index in [0.717, 1.165) is 35.4 Å². The first-order valence-corrected chi connectivity index (χ1v) is 7.36. The molecule has 6 heteroatoms. The lowest BCUT2D eigenvalue weighted by Crippen LogP contribution is -2.46. The molecule has 0 fully saturated rings. The number of fused-ring (bicyclic) bond motifs is 1. The monoisotopic (exact) mass is 302 g/mol. The number of carbonyl (C=O) groups is 1. The molecule has 1 aromatic rings. The fraction of sp³-hybridized carbons (Fsp3) is 0.333. The topological polar surface area (TPSA) is 59.6 Å². The summed E-state index contributed by atoms with van der Waals surface area (Å²) in [5.41, 5.74) is 2.72. The Morgan fingerprint density at radius 3 is 2.95 bits per heavy atom. The number of ketones is 1. The summed E-state index contributed by atoms with van der Waals surface area (Å²) in [6.07, 6.45) is 2.33. The van der Waals surface area contributed by atoms with Crippen molar-refractivity contribution in [1.82, 2.24) is 10.6 Å². The molecular formula is C15H14N2O3S. The second-order valence-corrected chi connectivity index (χ2v) is 5.72. The van der Waals surface area contributed by atoms with Crippen LogP contribution in [0.2, 0.25) is 0 Å². The SMILES string of the molecule is O=C1CCCC2=C1[C@@H](c1ccc3c(c1)OCO3)NC(=S)N2. The van der Waals surface area contributed by atoms with Crippen LogP contribution in [0.3, 0.4) is 0 Å². The van der Waals surface area contributed by atoms with Crippen LogP contribution in [-0.2, 0) is 4.79 Å². The Balaban J connectivity index is 1.79. The molecule has 0 amide bonds. The van der Waals surface area contributed by atoms with Crippen molar-refractivity contribution in [2.24, 2.45) is 0 Å². The van der Waals surface area contributed by atoms with Gasteiger partial charge in [-0.05, 0) is 42.8 Å². The zero-order chi connectivity index (χ0) is 14.4. The second kappa shape index (κ2) is 4.73. The minimum atomic E-state index is -0.212. The van der Waals surface area contributed by atoms with Crippen LogP contribution in [0.5, 0.6) is 11.5 Å². The summed E-state index contributed by atoms with van der Waals surface area (Å²) in [6.45, 7) is 0.240. The number of ether oxygens (including phenoxy) is 2. The molecule has 0 spiro atoms. The summed E-state index contributed by atoms with van der Waals surface area (Å²) in [7, 11) is 0. The molecule has 0 unspecified atom stereocenters. The Labute approximate surface area is 127 Å². The molecule has 0 radical (unpaired) electrons. The molecule has 108 valence electrons. The highest BCUT2D eigenvalue weighted by Gasteiger charge is 2.33. The van der Waals surface area contributed by atoms with Crippen molar-refractivity contribution in [2.45, 2.75) is 25.3 Å². The van der Waals surface area contributed by atoms with E-state index >= 15 is 0 Å². The van der Waals surface area contributed by atoms with Gasteiger partial charge in [0, 0.05) is 17.7 Å². The normalized spacial score (nSPS) is 23.5. The number of benzene rings is 1. The third-order valence-corrected chi connectivity index (χ3v) is 4.23. The molecule has 4 rings (SSSR count). The Hall–Kier alpha value is -2.08. The maximum absolute atomic E-state index is 12.3. The van der Waals surface area contributed by atoms with E-state index in [1.165, 1.54) is 0 Å². The zero-order valence-electron chi connectivity index (χ0n) is 11.3.